The zero-order valence-corrected chi connectivity index (χ0v) is 12.7. The number of unbranched alkanes of at least 4 members (excludes halogenated alkanes) is 5. The van der Waals surface area contributed by atoms with Crippen LogP contribution in [-0.4, -0.2) is 39.4 Å². The molecule has 2 nitrogen and oxygen atoms in total. The zero-order chi connectivity index (χ0) is 11.2. The van der Waals surface area contributed by atoms with Gasteiger partial charge >= 0.3 is 78.4 Å². The number of hydrogen-bond acceptors (Lipinski definition) is 2. The smallest absolute Gasteiger partial charge is 0.313 e. The Balaban J connectivity index is 0. The van der Waals surface area contributed by atoms with Crippen LogP contribution in [0, 0.1) is 0 Å². The van der Waals surface area contributed by atoms with Crippen LogP contribution in [-0.2, 0) is 4.79 Å². The van der Waals surface area contributed by atoms with Gasteiger partial charge in [-0.25, -0.2) is 0 Å². The Morgan fingerprint density at radius 1 is 1.21 bits per heavy atom. The number of carboxylic acids is 1. The predicted octanol–water partition coefficient (Wildman–Crippen LogP) is 2.93. The standard InChI is InChI=1S/C8H17.C2H4O2S.Sn/c1-3-5-7-8-6-4-2;3-2(4)1-5;/h1,3-8H2,2H3;5H,1H2,(H,3,4);. The van der Waals surface area contributed by atoms with E-state index in [-0.39, 0.29) is 5.75 Å². The van der Waals surface area contributed by atoms with Crippen molar-refractivity contribution in [3.05, 3.63) is 0 Å². The number of thiol groups is 1. The first kappa shape index (κ1) is 17.0. The van der Waals surface area contributed by atoms with Crippen LogP contribution in [0.25, 0.3) is 0 Å². The zero-order valence-electron chi connectivity index (χ0n) is 8.96. The second kappa shape index (κ2) is 16.1. The maximum atomic E-state index is 9.29. The second-order valence-electron chi connectivity index (χ2n) is 3.07. The summed E-state index contributed by atoms with van der Waals surface area (Å²) >= 11 is 5.13. The third kappa shape index (κ3) is 22.9. The van der Waals surface area contributed by atoms with E-state index in [0.29, 0.717) is 0 Å². The van der Waals surface area contributed by atoms with Crippen molar-refractivity contribution in [2.75, 3.05) is 5.75 Å². The normalized spacial score (nSPS) is 9.07. The SMILES string of the molecule is CCCCCCC[CH2][Sn].O=C(O)CS. The van der Waals surface area contributed by atoms with Gasteiger partial charge in [-0.1, -0.05) is 0 Å². The summed E-state index contributed by atoms with van der Waals surface area (Å²) < 4.78 is 1.46. The molecule has 14 heavy (non-hydrogen) atoms. The summed E-state index contributed by atoms with van der Waals surface area (Å²) in [7, 11) is 0. The molecule has 0 atom stereocenters. The average molecular weight is 324 g/mol. The first-order chi connectivity index (χ1) is 6.68. The minimum absolute atomic E-state index is 0.0833. The van der Waals surface area contributed by atoms with Crippen LogP contribution in [0.3, 0.4) is 0 Å². The number of carbonyl (C=O) groups is 1. The molecule has 0 heterocycles. The molecule has 0 fully saturated rings. The van der Waals surface area contributed by atoms with Gasteiger partial charge in [0.1, 0.15) is 0 Å². The summed E-state index contributed by atoms with van der Waals surface area (Å²) in [6.45, 7) is 2.27. The molecule has 0 aliphatic rings. The fourth-order valence-corrected chi connectivity index (χ4v) is 1.62. The maximum Gasteiger partial charge on any atom is 0.313 e. The molecule has 0 aromatic rings. The van der Waals surface area contributed by atoms with Crippen molar-refractivity contribution in [1.82, 2.24) is 0 Å². The van der Waals surface area contributed by atoms with Crippen LogP contribution in [0.5, 0.6) is 0 Å². The van der Waals surface area contributed by atoms with E-state index >= 15 is 0 Å². The minimum Gasteiger partial charge on any atom is -0.481 e. The van der Waals surface area contributed by atoms with Crippen LogP contribution < -0.4 is 0 Å². The fourth-order valence-electron chi connectivity index (χ4n) is 0.905. The van der Waals surface area contributed by atoms with Crippen molar-refractivity contribution in [2.45, 2.75) is 49.9 Å². The summed E-state index contributed by atoms with van der Waals surface area (Å²) in [6.07, 6.45) is 8.71. The molecule has 0 amide bonds. The molecule has 3 radical (unpaired) electrons. The van der Waals surface area contributed by atoms with Crippen molar-refractivity contribution in [3.8, 4) is 0 Å². The van der Waals surface area contributed by atoms with Gasteiger partial charge in [0.25, 0.3) is 0 Å². The Labute approximate surface area is 106 Å². The summed E-state index contributed by atoms with van der Waals surface area (Å²) in [4.78, 5) is 9.29. The molecule has 0 bridgehead atoms. The molecular weight excluding hydrogens is 303 g/mol. The first-order valence-corrected chi connectivity index (χ1v) is 7.81. The van der Waals surface area contributed by atoms with Crippen LogP contribution in [0.15, 0.2) is 0 Å². The van der Waals surface area contributed by atoms with Crippen LogP contribution in [0.2, 0.25) is 4.44 Å². The summed E-state index contributed by atoms with van der Waals surface area (Å²) in [5, 5.41) is 7.65. The molecule has 0 aliphatic heterocycles. The molecule has 0 aromatic heterocycles. The van der Waals surface area contributed by atoms with Crippen molar-refractivity contribution < 1.29 is 9.90 Å². The minimum atomic E-state index is -0.881. The molecule has 0 unspecified atom stereocenters. The van der Waals surface area contributed by atoms with Gasteiger partial charge in [0.15, 0.2) is 0 Å². The third-order valence-corrected chi connectivity index (χ3v) is 2.95. The second-order valence-corrected chi connectivity index (χ2v) is 4.81. The van der Waals surface area contributed by atoms with E-state index in [1.54, 1.807) is 22.5 Å². The van der Waals surface area contributed by atoms with Crippen LogP contribution >= 0.6 is 12.6 Å². The number of aliphatic carboxylic acids is 1. The van der Waals surface area contributed by atoms with Gasteiger partial charge in [-0.15, -0.1) is 0 Å². The number of hydrogen-bond donors (Lipinski definition) is 2. The fraction of sp³-hybridized carbons (Fsp3) is 0.900. The van der Waals surface area contributed by atoms with E-state index in [1.807, 2.05) is 0 Å². The van der Waals surface area contributed by atoms with Gasteiger partial charge in [0, 0.05) is 0 Å². The Kier molecular flexibility index (Phi) is 19.5. The van der Waals surface area contributed by atoms with Gasteiger partial charge in [0.2, 0.25) is 0 Å². The number of carboxylic acid groups (broad SMARTS) is 1. The summed E-state index contributed by atoms with van der Waals surface area (Å²) in [6, 6.07) is 0. The molecule has 83 valence electrons. The summed E-state index contributed by atoms with van der Waals surface area (Å²) in [5.41, 5.74) is 0. The molecule has 0 rings (SSSR count). The quantitative estimate of drug-likeness (QED) is 0.429. The average Bonchev–Trinajstić information content (AvgIpc) is 2.19. The maximum absolute atomic E-state index is 9.29. The van der Waals surface area contributed by atoms with Gasteiger partial charge < -0.3 is 5.11 Å². The monoisotopic (exact) mass is 325 g/mol. The third-order valence-electron chi connectivity index (χ3n) is 1.67. The Morgan fingerprint density at radius 2 is 1.64 bits per heavy atom. The Morgan fingerprint density at radius 3 is 2.00 bits per heavy atom. The Bertz CT molecular complexity index is 115. The van der Waals surface area contributed by atoms with Crippen molar-refractivity contribution in [1.29, 1.82) is 0 Å². The van der Waals surface area contributed by atoms with Crippen LogP contribution in [0.1, 0.15) is 45.4 Å². The molecule has 0 saturated heterocycles. The molecule has 0 saturated carbocycles. The first-order valence-electron chi connectivity index (χ1n) is 5.16. The Hall–Kier alpha value is 0.619. The van der Waals surface area contributed by atoms with Gasteiger partial charge in [-0.2, -0.15) is 12.6 Å². The molecule has 1 N–H and O–H groups in total. The van der Waals surface area contributed by atoms with Crippen molar-refractivity contribution >= 4 is 41.1 Å². The van der Waals surface area contributed by atoms with E-state index < -0.39 is 5.97 Å². The van der Waals surface area contributed by atoms with Crippen LogP contribution in [0.4, 0.5) is 0 Å². The molecule has 0 aromatic carbocycles. The molecule has 4 heteroatoms. The molecular formula is C10H21O2SSn. The topological polar surface area (TPSA) is 37.3 Å². The van der Waals surface area contributed by atoms with E-state index in [4.69, 9.17) is 5.11 Å². The van der Waals surface area contributed by atoms with Gasteiger partial charge in [-0.05, 0) is 0 Å². The van der Waals surface area contributed by atoms with Crippen molar-refractivity contribution in [3.63, 3.8) is 0 Å². The largest absolute Gasteiger partial charge is 0.481 e. The van der Waals surface area contributed by atoms with E-state index in [9.17, 15) is 4.79 Å². The van der Waals surface area contributed by atoms with Crippen molar-refractivity contribution in [2.24, 2.45) is 0 Å². The number of rotatable bonds is 7. The van der Waals surface area contributed by atoms with E-state index in [0.717, 1.165) is 0 Å². The summed E-state index contributed by atoms with van der Waals surface area (Å²) in [5.74, 6) is -0.965. The van der Waals surface area contributed by atoms with Gasteiger partial charge in [-0.3, -0.25) is 4.79 Å². The molecule has 0 spiro atoms. The van der Waals surface area contributed by atoms with E-state index in [1.165, 1.54) is 43.0 Å². The van der Waals surface area contributed by atoms with Gasteiger partial charge in [0.05, 0.1) is 5.75 Å². The van der Waals surface area contributed by atoms with E-state index in [2.05, 4.69) is 19.6 Å². The predicted molar refractivity (Wildman–Crippen MR) is 65.4 cm³/mol. The molecule has 0 aliphatic carbocycles.